The van der Waals surface area contributed by atoms with E-state index in [-0.39, 0.29) is 18.7 Å². The highest BCUT2D eigenvalue weighted by molar-refractivity contribution is 5.71. The summed E-state index contributed by atoms with van der Waals surface area (Å²) in [6.07, 6.45) is 42.1. The van der Waals surface area contributed by atoms with Crippen LogP contribution in [0.2, 0.25) is 0 Å². The molecule has 2 aliphatic heterocycles. The second kappa shape index (κ2) is 33.7. The number of β-amino-alcohol motifs (C(OH)–C–C–N with tert-alkyl or cyclic N) is 1. The van der Waals surface area contributed by atoms with Gasteiger partial charge in [-0.05, 0) is 95.4 Å². The summed E-state index contributed by atoms with van der Waals surface area (Å²) in [5.74, 6) is 1.27. The lowest BCUT2D eigenvalue weighted by molar-refractivity contribution is -0.591. The third-order valence-corrected chi connectivity index (χ3v) is 12.4. The van der Waals surface area contributed by atoms with E-state index in [1.807, 2.05) is 6.08 Å². The molecule has 2 atom stereocenters. The molecule has 54 heavy (non-hydrogen) atoms. The van der Waals surface area contributed by atoms with Crippen molar-refractivity contribution >= 4 is 11.9 Å². The van der Waals surface area contributed by atoms with Gasteiger partial charge in [0.2, 0.25) is 0 Å². The Morgan fingerprint density at radius 1 is 0.741 bits per heavy atom. The molecule has 0 radical (unpaired) electrons. The predicted molar refractivity (Wildman–Crippen MR) is 231 cm³/mol. The minimum absolute atomic E-state index is 0.0237. The van der Waals surface area contributed by atoms with Gasteiger partial charge in [-0.25, -0.2) is 4.58 Å². The highest BCUT2D eigenvalue weighted by Crippen LogP contribution is 2.40. The zero-order chi connectivity index (χ0) is 38.8. The zero-order valence-electron chi connectivity index (χ0n) is 36.2. The quantitative estimate of drug-likeness (QED) is 0.0225. The average molecular weight is 760 g/mol. The second-order valence-electron chi connectivity index (χ2n) is 17.4. The first-order valence-electron chi connectivity index (χ1n) is 23.9. The van der Waals surface area contributed by atoms with Gasteiger partial charge >= 0.3 is 11.9 Å². The number of nitrogens with zero attached hydrogens (tertiary/aromatic N) is 2. The van der Waals surface area contributed by atoms with Gasteiger partial charge in [-0.2, -0.15) is 0 Å². The van der Waals surface area contributed by atoms with E-state index in [1.165, 1.54) is 166 Å². The lowest BCUT2D eigenvalue weighted by Gasteiger charge is -2.43. The van der Waals surface area contributed by atoms with Crippen molar-refractivity contribution in [3.63, 3.8) is 0 Å². The van der Waals surface area contributed by atoms with Crippen LogP contribution in [0.15, 0.2) is 12.7 Å². The number of esters is 1. The van der Waals surface area contributed by atoms with Gasteiger partial charge in [0.05, 0.1) is 26.1 Å². The van der Waals surface area contributed by atoms with E-state index in [2.05, 4.69) is 29.9 Å². The fraction of sp³-hybridized carbons (Fsp3) is 0.917. The number of carbonyl (C=O) groups is 1. The maximum Gasteiger partial charge on any atom is 0.336 e. The van der Waals surface area contributed by atoms with Crippen LogP contribution in [0, 0.1) is 5.41 Å². The zero-order valence-corrected chi connectivity index (χ0v) is 36.2. The number of rotatable bonds is 37. The topological polar surface area (TPSA) is 62.0 Å². The van der Waals surface area contributed by atoms with Crippen molar-refractivity contribution in [2.45, 2.75) is 232 Å². The number of aliphatic hydroxyl groups is 1. The Morgan fingerprint density at radius 3 is 1.94 bits per heavy atom. The Morgan fingerprint density at radius 2 is 1.33 bits per heavy atom. The molecule has 2 aliphatic rings. The van der Waals surface area contributed by atoms with Gasteiger partial charge in [0.25, 0.3) is 0 Å². The van der Waals surface area contributed by atoms with Crippen molar-refractivity contribution in [2.75, 3.05) is 45.9 Å². The van der Waals surface area contributed by atoms with Gasteiger partial charge in [-0.1, -0.05) is 129 Å². The lowest BCUT2D eigenvalue weighted by atomic mass is 9.72. The van der Waals surface area contributed by atoms with Gasteiger partial charge in [0, 0.05) is 19.5 Å². The molecule has 1 N–H and O–H groups in total. The van der Waals surface area contributed by atoms with Crippen molar-refractivity contribution in [1.82, 2.24) is 4.90 Å². The number of allylic oxidation sites excluding steroid dienone is 1. The summed E-state index contributed by atoms with van der Waals surface area (Å²) >= 11 is 0. The number of likely N-dealkylation sites (tertiary alicyclic amines) is 1. The molecular weight excluding hydrogens is 669 g/mol. The van der Waals surface area contributed by atoms with Crippen LogP contribution in [0.25, 0.3) is 0 Å². The number of ether oxygens (including phenoxy) is 2. The van der Waals surface area contributed by atoms with Gasteiger partial charge in [0.15, 0.2) is 13.1 Å². The van der Waals surface area contributed by atoms with E-state index < -0.39 is 0 Å². The Labute approximate surface area is 335 Å². The molecule has 6 heteroatoms. The number of piperidine rings is 1. The predicted octanol–water partition coefficient (Wildman–Crippen LogP) is 12.7. The maximum atomic E-state index is 13.0. The molecule has 6 nitrogen and oxygen atoms in total. The fourth-order valence-electron chi connectivity index (χ4n) is 8.90. The minimum atomic E-state index is 0.0237. The number of hydrogen-bond donors (Lipinski definition) is 1. The first-order chi connectivity index (χ1) is 26.6. The second-order valence-corrected chi connectivity index (χ2v) is 17.4. The molecule has 0 amide bonds. The molecule has 0 aromatic rings. The number of unbranched alkanes of at least 4 members (excludes halogenated alkanes) is 19. The highest BCUT2D eigenvalue weighted by atomic mass is 16.5. The standard InChI is InChI=1S/C48H91N2O4/c1-4-7-10-13-16-17-18-21-27-43-53-46(50-39-30-40-50)33-28-36-48(37-29-38-49(44-48)41-42-51)35-26-22-25-34-47(52)54-45(31-23-19-14-11-8-5-2)32-24-20-15-12-9-6-3/h5,45,51H,2,4,6-44H2,1,3H3/q+1. The molecule has 2 fully saturated rings. The summed E-state index contributed by atoms with van der Waals surface area (Å²) < 4.78 is 15.1. The van der Waals surface area contributed by atoms with E-state index in [0.29, 0.717) is 11.8 Å². The fourth-order valence-corrected chi connectivity index (χ4v) is 8.90. The van der Waals surface area contributed by atoms with E-state index in [0.717, 1.165) is 84.3 Å². The van der Waals surface area contributed by atoms with Crippen LogP contribution in [0.5, 0.6) is 0 Å². The molecule has 2 rings (SSSR count). The summed E-state index contributed by atoms with van der Waals surface area (Å²) in [6.45, 7) is 14.8. The van der Waals surface area contributed by atoms with Crippen molar-refractivity contribution in [3.8, 4) is 0 Å². The average Bonchev–Trinajstić information content (AvgIpc) is 3.14. The minimum Gasteiger partial charge on any atom is -0.462 e. The first-order valence-corrected chi connectivity index (χ1v) is 23.9. The van der Waals surface area contributed by atoms with Crippen LogP contribution >= 0.6 is 0 Å². The van der Waals surface area contributed by atoms with Gasteiger partial charge in [-0.15, -0.1) is 6.58 Å². The molecule has 0 aromatic heterocycles. The third kappa shape index (κ3) is 24.3. The van der Waals surface area contributed by atoms with E-state index >= 15 is 0 Å². The molecule has 0 spiro atoms. The smallest absolute Gasteiger partial charge is 0.336 e. The summed E-state index contributed by atoms with van der Waals surface area (Å²) in [7, 11) is 0. The number of carbonyl (C=O) groups excluding carboxylic acids is 1. The molecule has 0 bridgehead atoms. The monoisotopic (exact) mass is 760 g/mol. The third-order valence-electron chi connectivity index (χ3n) is 12.4. The lowest BCUT2D eigenvalue weighted by Crippen LogP contribution is -2.44. The SMILES string of the molecule is C=CCCCCCCC(CCCCCCCC)OC(=O)CCCCCC1(CCCC(OCCCCCCCCCCC)=[N+]2CCC2)CCCN(CCO)C1. The Bertz CT molecular complexity index is 930. The van der Waals surface area contributed by atoms with Gasteiger partial charge in [-0.3, -0.25) is 4.79 Å². The molecule has 0 aromatic carbocycles. The van der Waals surface area contributed by atoms with Crippen LogP contribution < -0.4 is 0 Å². The Balaban J connectivity index is 1.78. The summed E-state index contributed by atoms with van der Waals surface area (Å²) in [5, 5.41) is 9.76. The summed E-state index contributed by atoms with van der Waals surface area (Å²) in [4.78, 5) is 15.5. The molecule has 316 valence electrons. The van der Waals surface area contributed by atoms with Crippen LogP contribution in [-0.4, -0.2) is 78.5 Å². The summed E-state index contributed by atoms with van der Waals surface area (Å²) in [6, 6.07) is 0. The first kappa shape index (κ1) is 48.7. The normalized spacial score (nSPS) is 18.0. The number of aliphatic hydroxyl groups excluding tert-OH is 1. The van der Waals surface area contributed by atoms with Crippen molar-refractivity contribution < 1.29 is 24.0 Å². The van der Waals surface area contributed by atoms with Crippen molar-refractivity contribution in [3.05, 3.63) is 12.7 Å². The highest BCUT2D eigenvalue weighted by Gasteiger charge is 2.35. The van der Waals surface area contributed by atoms with E-state index in [9.17, 15) is 9.90 Å². The van der Waals surface area contributed by atoms with E-state index in [1.54, 1.807) is 0 Å². The van der Waals surface area contributed by atoms with Crippen molar-refractivity contribution in [1.29, 1.82) is 0 Å². The van der Waals surface area contributed by atoms with Crippen LogP contribution in [-0.2, 0) is 14.3 Å². The Kier molecular flexibility index (Phi) is 30.4. The molecule has 0 saturated carbocycles. The molecular formula is C48H91N2O4+. The van der Waals surface area contributed by atoms with Crippen molar-refractivity contribution in [2.24, 2.45) is 5.41 Å². The van der Waals surface area contributed by atoms with E-state index in [4.69, 9.17) is 9.47 Å². The number of hydrogen-bond acceptors (Lipinski definition) is 5. The Hall–Kier alpha value is -1.40. The molecule has 2 unspecified atom stereocenters. The van der Waals surface area contributed by atoms with Crippen LogP contribution in [0.4, 0.5) is 0 Å². The molecule has 2 saturated heterocycles. The van der Waals surface area contributed by atoms with Crippen LogP contribution in [0.1, 0.15) is 226 Å². The van der Waals surface area contributed by atoms with Gasteiger partial charge < -0.3 is 19.5 Å². The largest absolute Gasteiger partial charge is 0.462 e. The molecule has 2 heterocycles. The van der Waals surface area contributed by atoms with Crippen LogP contribution in [0.3, 0.4) is 0 Å². The van der Waals surface area contributed by atoms with Gasteiger partial charge in [0.1, 0.15) is 6.10 Å². The maximum absolute atomic E-state index is 13.0. The molecule has 0 aliphatic carbocycles. The summed E-state index contributed by atoms with van der Waals surface area (Å²) in [5.41, 5.74) is 0.305.